The maximum atomic E-state index is 12.6. The first-order valence-electron chi connectivity index (χ1n) is 8.53. The van der Waals surface area contributed by atoms with Crippen LogP contribution in [0.3, 0.4) is 0 Å². The van der Waals surface area contributed by atoms with Crippen LogP contribution in [0, 0.1) is 0 Å². The van der Waals surface area contributed by atoms with E-state index in [4.69, 9.17) is 11.6 Å². The van der Waals surface area contributed by atoms with Gasteiger partial charge in [-0.2, -0.15) is 13.2 Å². The van der Waals surface area contributed by atoms with Crippen molar-refractivity contribution < 1.29 is 22.8 Å². The lowest BCUT2D eigenvalue weighted by atomic mass is 10.1. The van der Waals surface area contributed by atoms with E-state index < -0.39 is 12.1 Å². The van der Waals surface area contributed by atoms with Crippen LogP contribution >= 0.6 is 11.6 Å². The van der Waals surface area contributed by atoms with Crippen molar-refractivity contribution >= 4 is 34.8 Å². The summed E-state index contributed by atoms with van der Waals surface area (Å²) in [6.45, 7) is 1.67. The number of anilines is 2. The van der Waals surface area contributed by atoms with Gasteiger partial charge in [0, 0.05) is 36.8 Å². The molecule has 148 valence electrons. The average Bonchev–Trinajstić information content (AvgIpc) is 2.68. The highest BCUT2D eigenvalue weighted by Crippen LogP contribution is 2.28. The van der Waals surface area contributed by atoms with Crippen LogP contribution in [-0.2, 0) is 4.79 Å². The first kappa shape index (κ1) is 20.0. The molecular formula is C19H17ClF3N3O2. The van der Waals surface area contributed by atoms with Crippen molar-refractivity contribution in [1.29, 1.82) is 0 Å². The maximum absolute atomic E-state index is 12.6. The molecule has 1 aliphatic heterocycles. The zero-order valence-electron chi connectivity index (χ0n) is 14.7. The molecule has 2 aromatic carbocycles. The van der Waals surface area contributed by atoms with Crippen LogP contribution in [0.4, 0.5) is 24.5 Å². The van der Waals surface area contributed by atoms with Gasteiger partial charge < -0.3 is 15.1 Å². The summed E-state index contributed by atoms with van der Waals surface area (Å²) in [7, 11) is 0. The molecule has 0 atom stereocenters. The van der Waals surface area contributed by atoms with Crippen LogP contribution in [0.15, 0.2) is 48.5 Å². The van der Waals surface area contributed by atoms with Gasteiger partial charge in [-0.25, -0.2) is 0 Å². The molecule has 1 aliphatic rings. The second kappa shape index (κ2) is 8.10. The number of para-hydroxylation sites is 2. The standard InChI is InChI=1S/C19H17ClF3N3O2/c20-14-7-5-13(6-8-14)17(27)26-11-9-25(10-12-26)16-4-2-1-3-15(16)24-18(28)19(21,22)23/h1-8H,9-12H2,(H,24,28). The van der Waals surface area contributed by atoms with Gasteiger partial charge in [-0.05, 0) is 36.4 Å². The van der Waals surface area contributed by atoms with Gasteiger partial charge in [0.05, 0.1) is 11.4 Å². The number of hydrogen-bond acceptors (Lipinski definition) is 3. The molecular weight excluding hydrogens is 395 g/mol. The highest BCUT2D eigenvalue weighted by molar-refractivity contribution is 6.30. The summed E-state index contributed by atoms with van der Waals surface area (Å²) in [6, 6.07) is 12.9. The Morgan fingerprint density at radius 2 is 1.54 bits per heavy atom. The highest BCUT2D eigenvalue weighted by atomic mass is 35.5. The van der Waals surface area contributed by atoms with E-state index in [1.54, 1.807) is 47.4 Å². The Kier molecular flexibility index (Phi) is 5.79. The predicted octanol–water partition coefficient (Wildman–Crippen LogP) is 3.80. The summed E-state index contributed by atoms with van der Waals surface area (Å²) in [5.41, 5.74) is 1.09. The second-order valence-corrected chi connectivity index (χ2v) is 6.69. The molecule has 0 radical (unpaired) electrons. The van der Waals surface area contributed by atoms with E-state index in [2.05, 4.69) is 0 Å². The minimum Gasteiger partial charge on any atom is -0.366 e. The first-order chi connectivity index (χ1) is 13.3. The molecule has 0 aliphatic carbocycles. The van der Waals surface area contributed by atoms with Crippen LogP contribution in [0.5, 0.6) is 0 Å². The lowest BCUT2D eigenvalue weighted by Crippen LogP contribution is -2.49. The van der Waals surface area contributed by atoms with Gasteiger partial charge in [-0.3, -0.25) is 9.59 Å². The Bertz CT molecular complexity index is 863. The molecule has 0 spiro atoms. The molecule has 0 bridgehead atoms. The van der Waals surface area contributed by atoms with Crippen molar-refractivity contribution in [2.45, 2.75) is 6.18 Å². The van der Waals surface area contributed by atoms with E-state index in [0.717, 1.165) is 0 Å². The van der Waals surface area contributed by atoms with Crippen LogP contribution in [0.25, 0.3) is 0 Å². The third-order valence-electron chi connectivity index (χ3n) is 4.41. The minimum atomic E-state index is -4.96. The fourth-order valence-electron chi connectivity index (χ4n) is 2.97. The Labute approximate surface area is 164 Å². The van der Waals surface area contributed by atoms with E-state index >= 15 is 0 Å². The molecule has 0 unspecified atom stereocenters. The lowest BCUT2D eigenvalue weighted by molar-refractivity contribution is -0.167. The zero-order chi connectivity index (χ0) is 20.3. The molecule has 3 rings (SSSR count). The quantitative estimate of drug-likeness (QED) is 0.835. The largest absolute Gasteiger partial charge is 0.471 e. The van der Waals surface area contributed by atoms with Crippen LogP contribution in [0.2, 0.25) is 5.02 Å². The fraction of sp³-hybridized carbons (Fsp3) is 0.263. The summed E-state index contributed by atoms with van der Waals surface area (Å²) in [5.74, 6) is -2.15. The molecule has 0 aromatic heterocycles. The number of carbonyl (C=O) groups excluding carboxylic acids is 2. The van der Waals surface area contributed by atoms with Crippen molar-refractivity contribution in [3.8, 4) is 0 Å². The lowest BCUT2D eigenvalue weighted by Gasteiger charge is -2.37. The molecule has 1 fully saturated rings. The van der Waals surface area contributed by atoms with Gasteiger partial charge in [-0.1, -0.05) is 23.7 Å². The predicted molar refractivity (Wildman–Crippen MR) is 101 cm³/mol. The average molecular weight is 412 g/mol. The molecule has 5 nitrogen and oxygen atoms in total. The van der Waals surface area contributed by atoms with Crippen LogP contribution < -0.4 is 10.2 Å². The number of amides is 2. The van der Waals surface area contributed by atoms with E-state index in [0.29, 0.717) is 42.5 Å². The van der Waals surface area contributed by atoms with Crippen LogP contribution in [-0.4, -0.2) is 49.1 Å². The van der Waals surface area contributed by atoms with Gasteiger partial charge in [0.25, 0.3) is 5.91 Å². The number of carbonyl (C=O) groups is 2. The van der Waals surface area contributed by atoms with Gasteiger partial charge in [-0.15, -0.1) is 0 Å². The van der Waals surface area contributed by atoms with Crippen LogP contribution in [0.1, 0.15) is 10.4 Å². The summed E-state index contributed by atoms with van der Waals surface area (Å²) in [6.07, 6.45) is -4.96. The highest BCUT2D eigenvalue weighted by Gasteiger charge is 2.39. The zero-order valence-corrected chi connectivity index (χ0v) is 15.4. The van der Waals surface area contributed by atoms with E-state index in [-0.39, 0.29) is 11.6 Å². The number of hydrogen-bond donors (Lipinski definition) is 1. The summed E-state index contributed by atoms with van der Waals surface area (Å²) < 4.78 is 37.7. The SMILES string of the molecule is O=C(c1ccc(Cl)cc1)N1CCN(c2ccccc2NC(=O)C(F)(F)F)CC1. The molecule has 1 N–H and O–H groups in total. The number of nitrogens with one attached hydrogen (secondary N) is 1. The Hall–Kier alpha value is -2.74. The third-order valence-corrected chi connectivity index (χ3v) is 4.66. The maximum Gasteiger partial charge on any atom is 0.471 e. The van der Waals surface area contributed by atoms with E-state index in [1.807, 2.05) is 10.2 Å². The van der Waals surface area contributed by atoms with Crippen molar-refractivity contribution in [2.24, 2.45) is 0 Å². The molecule has 0 saturated carbocycles. The van der Waals surface area contributed by atoms with Crippen molar-refractivity contribution in [3.63, 3.8) is 0 Å². The Balaban J connectivity index is 1.67. The Morgan fingerprint density at radius 3 is 2.14 bits per heavy atom. The monoisotopic (exact) mass is 411 g/mol. The smallest absolute Gasteiger partial charge is 0.366 e. The summed E-state index contributed by atoms with van der Waals surface area (Å²) >= 11 is 5.84. The number of nitrogens with zero attached hydrogens (tertiary/aromatic N) is 2. The number of piperazine rings is 1. The van der Waals surface area contributed by atoms with Crippen molar-refractivity contribution in [1.82, 2.24) is 4.90 Å². The number of benzene rings is 2. The minimum absolute atomic E-state index is 0.0855. The van der Waals surface area contributed by atoms with Gasteiger partial charge in [0.1, 0.15) is 0 Å². The second-order valence-electron chi connectivity index (χ2n) is 6.26. The Morgan fingerprint density at radius 1 is 0.929 bits per heavy atom. The molecule has 1 saturated heterocycles. The van der Waals surface area contributed by atoms with Crippen molar-refractivity contribution in [2.75, 3.05) is 36.4 Å². The molecule has 9 heteroatoms. The number of alkyl halides is 3. The molecule has 1 heterocycles. The molecule has 2 amide bonds. The van der Waals surface area contributed by atoms with Crippen molar-refractivity contribution in [3.05, 3.63) is 59.1 Å². The normalized spacial score (nSPS) is 14.7. The third kappa shape index (κ3) is 4.56. The topological polar surface area (TPSA) is 52.7 Å². The molecule has 28 heavy (non-hydrogen) atoms. The first-order valence-corrected chi connectivity index (χ1v) is 8.90. The van der Waals surface area contributed by atoms with E-state index in [1.165, 1.54) is 6.07 Å². The molecule has 2 aromatic rings. The van der Waals surface area contributed by atoms with E-state index in [9.17, 15) is 22.8 Å². The summed E-state index contributed by atoms with van der Waals surface area (Å²) in [4.78, 5) is 27.4. The number of halogens is 4. The van der Waals surface area contributed by atoms with Gasteiger partial charge in [0.2, 0.25) is 0 Å². The number of rotatable bonds is 3. The van der Waals surface area contributed by atoms with Gasteiger partial charge in [0.15, 0.2) is 0 Å². The van der Waals surface area contributed by atoms with Gasteiger partial charge >= 0.3 is 12.1 Å². The summed E-state index contributed by atoms with van der Waals surface area (Å²) in [5, 5.41) is 2.45. The fourth-order valence-corrected chi connectivity index (χ4v) is 3.10.